The predicted octanol–water partition coefficient (Wildman–Crippen LogP) is 0.931. The van der Waals surface area contributed by atoms with Gasteiger partial charge in [0.15, 0.2) is 0 Å². The van der Waals surface area contributed by atoms with Crippen molar-refractivity contribution in [2.45, 2.75) is 25.8 Å². The third-order valence-electron chi connectivity index (χ3n) is 3.64. The summed E-state index contributed by atoms with van der Waals surface area (Å²) in [4.78, 5) is 25.0. The maximum absolute atomic E-state index is 12.4. The lowest BCUT2D eigenvalue weighted by molar-refractivity contribution is -0.142. The van der Waals surface area contributed by atoms with Gasteiger partial charge in [0.1, 0.15) is 5.54 Å². The molecular formula is C14H18N2O3. The first kappa shape index (κ1) is 13.5. The Morgan fingerprint density at radius 1 is 1.37 bits per heavy atom. The molecule has 0 saturated carbocycles. The molecule has 1 fully saturated rings. The summed E-state index contributed by atoms with van der Waals surface area (Å²) in [5, 5.41) is 9.08. The molecule has 3 N–H and O–H groups in total. The van der Waals surface area contributed by atoms with Crippen LogP contribution in [0, 0.1) is 13.8 Å². The van der Waals surface area contributed by atoms with E-state index in [9.17, 15) is 9.59 Å². The van der Waals surface area contributed by atoms with Crippen molar-refractivity contribution in [3.05, 3.63) is 34.9 Å². The Balaban J connectivity index is 2.22. The lowest BCUT2D eigenvalue weighted by Gasteiger charge is -2.21. The number of carbonyl (C=O) groups excluding carboxylic acids is 1. The number of carboxylic acids is 1. The summed E-state index contributed by atoms with van der Waals surface area (Å²) in [5.74, 6) is -1.20. The molecule has 1 aliphatic heterocycles. The summed E-state index contributed by atoms with van der Waals surface area (Å²) in [7, 11) is 0. The van der Waals surface area contributed by atoms with Crippen LogP contribution in [0.5, 0.6) is 0 Å². The second kappa shape index (κ2) is 4.66. The number of aliphatic carboxylic acids is 1. The average molecular weight is 262 g/mol. The third kappa shape index (κ3) is 2.46. The highest BCUT2D eigenvalue weighted by Gasteiger charge is 2.43. The van der Waals surface area contributed by atoms with E-state index in [2.05, 4.69) is 0 Å². The number of rotatable bonds is 2. The molecule has 1 heterocycles. The summed E-state index contributed by atoms with van der Waals surface area (Å²) in [6.07, 6.45) is 0.291. The topological polar surface area (TPSA) is 83.6 Å². The fourth-order valence-electron chi connectivity index (χ4n) is 2.32. The fraction of sp³-hybridized carbons (Fsp3) is 0.429. The molecule has 1 aromatic carbocycles. The molecule has 1 saturated heterocycles. The van der Waals surface area contributed by atoms with Crippen LogP contribution in [-0.4, -0.2) is 40.5 Å². The highest BCUT2D eigenvalue weighted by atomic mass is 16.4. The first-order valence-corrected chi connectivity index (χ1v) is 6.22. The van der Waals surface area contributed by atoms with Crippen LogP contribution in [0.4, 0.5) is 0 Å². The van der Waals surface area contributed by atoms with E-state index >= 15 is 0 Å². The van der Waals surface area contributed by atoms with Gasteiger partial charge >= 0.3 is 5.97 Å². The Kier molecular flexibility index (Phi) is 3.32. The lowest BCUT2D eigenvalue weighted by atomic mass is 10.0. The van der Waals surface area contributed by atoms with Crippen molar-refractivity contribution in [1.29, 1.82) is 0 Å². The van der Waals surface area contributed by atoms with E-state index in [1.54, 1.807) is 0 Å². The molecule has 0 radical (unpaired) electrons. The van der Waals surface area contributed by atoms with Gasteiger partial charge < -0.3 is 15.7 Å². The highest BCUT2D eigenvalue weighted by Crippen LogP contribution is 2.22. The van der Waals surface area contributed by atoms with Crippen molar-refractivity contribution in [3.8, 4) is 0 Å². The summed E-state index contributed by atoms with van der Waals surface area (Å²) < 4.78 is 0. The third-order valence-corrected chi connectivity index (χ3v) is 3.64. The van der Waals surface area contributed by atoms with Crippen molar-refractivity contribution in [2.75, 3.05) is 13.1 Å². The molecule has 1 amide bonds. The minimum atomic E-state index is -1.31. The molecule has 0 aromatic heterocycles. The van der Waals surface area contributed by atoms with Crippen LogP contribution in [0.2, 0.25) is 0 Å². The molecular weight excluding hydrogens is 244 g/mol. The molecule has 1 unspecified atom stereocenters. The smallest absolute Gasteiger partial charge is 0.325 e. The molecule has 5 heteroatoms. The molecule has 5 nitrogen and oxygen atoms in total. The number of amides is 1. The number of hydrogen-bond donors (Lipinski definition) is 2. The van der Waals surface area contributed by atoms with Crippen LogP contribution in [0.15, 0.2) is 18.2 Å². The number of nitrogens with two attached hydrogens (primary N) is 1. The Hall–Kier alpha value is -1.88. The molecule has 19 heavy (non-hydrogen) atoms. The number of benzene rings is 1. The van der Waals surface area contributed by atoms with E-state index in [1.165, 1.54) is 4.90 Å². The second-order valence-electron chi connectivity index (χ2n) is 5.26. The van der Waals surface area contributed by atoms with Crippen LogP contribution < -0.4 is 5.73 Å². The molecule has 2 rings (SSSR count). The maximum atomic E-state index is 12.4. The van der Waals surface area contributed by atoms with E-state index in [1.807, 2.05) is 32.0 Å². The number of carboxylic acid groups (broad SMARTS) is 1. The Labute approximate surface area is 112 Å². The number of aryl methyl sites for hydroxylation is 2. The van der Waals surface area contributed by atoms with Crippen LogP contribution >= 0.6 is 0 Å². The largest absolute Gasteiger partial charge is 0.480 e. The number of hydrogen-bond acceptors (Lipinski definition) is 3. The first-order chi connectivity index (χ1) is 8.83. The molecule has 1 atom stereocenters. The van der Waals surface area contributed by atoms with Gasteiger partial charge in [0.2, 0.25) is 0 Å². The number of carbonyl (C=O) groups is 2. The van der Waals surface area contributed by atoms with Gasteiger partial charge in [-0.05, 0) is 31.9 Å². The maximum Gasteiger partial charge on any atom is 0.325 e. The van der Waals surface area contributed by atoms with Gasteiger partial charge in [0, 0.05) is 18.7 Å². The average Bonchev–Trinajstić information content (AvgIpc) is 2.76. The Morgan fingerprint density at radius 2 is 2.05 bits per heavy atom. The SMILES string of the molecule is Cc1ccc(C)c(C(=O)N2CCC(N)(C(=O)O)C2)c1. The van der Waals surface area contributed by atoms with E-state index in [0.717, 1.165) is 11.1 Å². The Bertz CT molecular complexity index is 541. The van der Waals surface area contributed by atoms with E-state index in [-0.39, 0.29) is 12.5 Å². The zero-order chi connectivity index (χ0) is 14.2. The second-order valence-corrected chi connectivity index (χ2v) is 5.26. The quantitative estimate of drug-likeness (QED) is 0.830. The fourth-order valence-corrected chi connectivity index (χ4v) is 2.32. The van der Waals surface area contributed by atoms with Crippen molar-refractivity contribution >= 4 is 11.9 Å². The Morgan fingerprint density at radius 3 is 2.63 bits per heavy atom. The highest BCUT2D eigenvalue weighted by molar-refractivity contribution is 5.96. The van der Waals surface area contributed by atoms with Crippen molar-refractivity contribution < 1.29 is 14.7 Å². The predicted molar refractivity (Wildman–Crippen MR) is 71.0 cm³/mol. The number of nitrogens with zero attached hydrogens (tertiary/aromatic N) is 1. The van der Waals surface area contributed by atoms with E-state index < -0.39 is 11.5 Å². The van der Waals surface area contributed by atoms with E-state index in [4.69, 9.17) is 10.8 Å². The van der Waals surface area contributed by atoms with Crippen LogP contribution in [-0.2, 0) is 4.79 Å². The van der Waals surface area contributed by atoms with Crippen LogP contribution in [0.3, 0.4) is 0 Å². The summed E-state index contributed by atoms with van der Waals surface area (Å²) >= 11 is 0. The normalized spacial score (nSPS) is 22.6. The van der Waals surface area contributed by atoms with E-state index in [0.29, 0.717) is 18.5 Å². The van der Waals surface area contributed by atoms with Crippen LogP contribution in [0.1, 0.15) is 27.9 Å². The molecule has 102 valence electrons. The minimum Gasteiger partial charge on any atom is -0.480 e. The minimum absolute atomic E-state index is 0.0640. The van der Waals surface area contributed by atoms with Crippen molar-refractivity contribution in [3.63, 3.8) is 0 Å². The summed E-state index contributed by atoms with van der Waals surface area (Å²) in [6, 6.07) is 5.67. The van der Waals surface area contributed by atoms with Gasteiger partial charge in [-0.2, -0.15) is 0 Å². The lowest BCUT2D eigenvalue weighted by Crippen LogP contribution is -2.50. The van der Waals surface area contributed by atoms with Gasteiger partial charge in [0.25, 0.3) is 5.91 Å². The van der Waals surface area contributed by atoms with Gasteiger partial charge in [0.05, 0.1) is 0 Å². The molecule has 0 aliphatic carbocycles. The van der Waals surface area contributed by atoms with Gasteiger partial charge in [-0.3, -0.25) is 9.59 Å². The molecule has 0 bridgehead atoms. The van der Waals surface area contributed by atoms with Crippen molar-refractivity contribution in [1.82, 2.24) is 4.90 Å². The zero-order valence-corrected chi connectivity index (χ0v) is 11.1. The van der Waals surface area contributed by atoms with Gasteiger partial charge in [-0.1, -0.05) is 17.7 Å². The van der Waals surface area contributed by atoms with Gasteiger partial charge in [-0.15, -0.1) is 0 Å². The number of likely N-dealkylation sites (tertiary alicyclic amines) is 1. The summed E-state index contributed by atoms with van der Waals surface area (Å²) in [6.45, 7) is 4.24. The van der Waals surface area contributed by atoms with Crippen molar-refractivity contribution in [2.24, 2.45) is 5.73 Å². The standard InChI is InChI=1S/C14H18N2O3/c1-9-3-4-10(2)11(7-9)12(17)16-6-5-14(15,8-16)13(18)19/h3-4,7H,5-6,8,15H2,1-2H3,(H,18,19). The monoisotopic (exact) mass is 262 g/mol. The first-order valence-electron chi connectivity index (χ1n) is 6.22. The molecule has 0 spiro atoms. The summed E-state index contributed by atoms with van der Waals surface area (Å²) in [5.41, 5.74) is 6.98. The zero-order valence-electron chi connectivity index (χ0n) is 11.1. The van der Waals surface area contributed by atoms with Crippen LogP contribution in [0.25, 0.3) is 0 Å². The molecule has 1 aliphatic rings. The van der Waals surface area contributed by atoms with Gasteiger partial charge in [-0.25, -0.2) is 0 Å². The molecule has 1 aromatic rings.